The Hall–Kier alpha value is -3.65. The zero-order valence-electron chi connectivity index (χ0n) is 16.3. The predicted octanol–water partition coefficient (Wildman–Crippen LogP) is 2.90. The van der Waals surface area contributed by atoms with Crippen LogP contribution < -0.4 is 11.1 Å². The van der Waals surface area contributed by atoms with Crippen molar-refractivity contribution < 1.29 is 27.4 Å². The van der Waals surface area contributed by atoms with Crippen molar-refractivity contribution in [2.45, 2.75) is 31.6 Å². The number of benzene rings is 1. The third kappa shape index (κ3) is 5.49. The number of methoxy groups -OCH3 is 1. The van der Waals surface area contributed by atoms with Crippen LogP contribution in [0.15, 0.2) is 35.5 Å². The van der Waals surface area contributed by atoms with E-state index in [-0.39, 0.29) is 23.4 Å². The first kappa shape index (κ1) is 22.0. The second-order valence-corrected chi connectivity index (χ2v) is 6.71. The SMILES string of the molecule is COCc1cc(C#N)cnc1C(=O)Nc1ccc(F)c([C@H]2C[C@H]2O/C(N)=N\C(F)F)c1. The monoisotopic (exact) mass is 433 g/mol. The highest BCUT2D eigenvalue weighted by Crippen LogP contribution is 2.45. The molecule has 1 aliphatic rings. The van der Waals surface area contributed by atoms with Gasteiger partial charge in [-0.25, -0.2) is 9.37 Å². The van der Waals surface area contributed by atoms with E-state index in [1.165, 1.54) is 37.6 Å². The lowest BCUT2D eigenvalue weighted by Crippen LogP contribution is -2.19. The maximum absolute atomic E-state index is 14.3. The van der Waals surface area contributed by atoms with Gasteiger partial charge in [0.25, 0.3) is 11.9 Å². The summed E-state index contributed by atoms with van der Waals surface area (Å²) >= 11 is 0. The Bertz CT molecular complexity index is 1050. The number of hydrogen-bond acceptors (Lipinski definition) is 6. The molecule has 3 N–H and O–H groups in total. The van der Waals surface area contributed by atoms with Crippen LogP contribution in [0.5, 0.6) is 0 Å². The van der Waals surface area contributed by atoms with Gasteiger partial charge < -0.3 is 20.5 Å². The minimum atomic E-state index is -2.99. The van der Waals surface area contributed by atoms with Crippen molar-refractivity contribution >= 4 is 17.6 Å². The van der Waals surface area contributed by atoms with Gasteiger partial charge in [-0.3, -0.25) is 4.79 Å². The van der Waals surface area contributed by atoms with Crippen LogP contribution in [-0.4, -0.2) is 36.7 Å². The van der Waals surface area contributed by atoms with Crippen LogP contribution in [-0.2, 0) is 16.1 Å². The molecule has 0 aliphatic heterocycles. The normalized spacial score (nSPS) is 17.9. The Morgan fingerprint density at radius 2 is 2.23 bits per heavy atom. The zero-order chi connectivity index (χ0) is 22.5. The van der Waals surface area contributed by atoms with Gasteiger partial charge in [-0.2, -0.15) is 19.0 Å². The quantitative estimate of drug-likeness (QED) is 0.393. The molecule has 0 radical (unpaired) electrons. The molecular formula is C20H18F3N5O3. The molecule has 1 aromatic carbocycles. The van der Waals surface area contributed by atoms with E-state index in [4.69, 9.17) is 20.5 Å². The molecule has 1 saturated carbocycles. The van der Waals surface area contributed by atoms with E-state index in [1.54, 1.807) is 0 Å². The van der Waals surface area contributed by atoms with Crippen LogP contribution in [0.3, 0.4) is 0 Å². The van der Waals surface area contributed by atoms with E-state index in [1.807, 2.05) is 6.07 Å². The van der Waals surface area contributed by atoms with Crippen molar-refractivity contribution in [1.82, 2.24) is 4.98 Å². The molecular weight excluding hydrogens is 415 g/mol. The number of hydrogen-bond donors (Lipinski definition) is 2. The molecule has 0 unspecified atom stereocenters. The fraction of sp³-hybridized carbons (Fsp3) is 0.300. The zero-order valence-corrected chi connectivity index (χ0v) is 16.3. The van der Waals surface area contributed by atoms with Gasteiger partial charge in [-0.05, 0) is 36.2 Å². The Morgan fingerprint density at radius 3 is 2.90 bits per heavy atom. The molecule has 1 aromatic heterocycles. The van der Waals surface area contributed by atoms with Gasteiger partial charge in [0, 0.05) is 30.5 Å². The van der Waals surface area contributed by atoms with Gasteiger partial charge >= 0.3 is 6.55 Å². The number of alkyl halides is 2. The number of pyridine rings is 1. The molecule has 1 heterocycles. The molecule has 2 aromatic rings. The number of carbonyl (C=O) groups excluding carboxylic acids is 1. The Balaban J connectivity index is 1.75. The molecule has 8 nitrogen and oxygen atoms in total. The van der Waals surface area contributed by atoms with Crippen molar-refractivity contribution in [3.05, 3.63) is 58.7 Å². The number of anilines is 1. The molecule has 0 saturated heterocycles. The topological polar surface area (TPSA) is 123 Å². The second-order valence-electron chi connectivity index (χ2n) is 6.71. The molecule has 3 rings (SSSR count). The number of nitrogens with two attached hydrogens (primary N) is 1. The molecule has 1 amide bonds. The number of rotatable bonds is 7. The molecule has 1 fully saturated rings. The lowest BCUT2D eigenvalue weighted by atomic mass is 10.1. The van der Waals surface area contributed by atoms with E-state index in [0.29, 0.717) is 17.7 Å². The number of halogens is 3. The summed E-state index contributed by atoms with van der Waals surface area (Å²) in [6.07, 6.45) is 1.04. The maximum atomic E-state index is 14.3. The molecule has 1 aliphatic carbocycles. The van der Waals surface area contributed by atoms with Crippen LogP contribution in [0, 0.1) is 17.1 Å². The van der Waals surface area contributed by atoms with E-state index in [2.05, 4.69) is 15.3 Å². The number of amides is 1. The molecule has 0 spiro atoms. The summed E-state index contributed by atoms with van der Waals surface area (Å²) < 4.78 is 48.8. The Morgan fingerprint density at radius 1 is 1.45 bits per heavy atom. The Kier molecular flexibility index (Phi) is 6.71. The number of nitrogens with zero attached hydrogens (tertiary/aromatic N) is 3. The smallest absolute Gasteiger partial charge is 0.336 e. The summed E-state index contributed by atoms with van der Waals surface area (Å²) in [7, 11) is 1.44. The van der Waals surface area contributed by atoms with Crippen molar-refractivity contribution in [2.75, 3.05) is 12.4 Å². The summed E-state index contributed by atoms with van der Waals surface area (Å²) in [6, 6.07) is 6.77. The van der Waals surface area contributed by atoms with Gasteiger partial charge in [0.2, 0.25) is 0 Å². The number of carbonyl (C=O) groups is 1. The highest BCUT2D eigenvalue weighted by molar-refractivity contribution is 6.04. The average molecular weight is 433 g/mol. The highest BCUT2D eigenvalue weighted by atomic mass is 19.3. The third-order valence-electron chi connectivity index (χ3n) is 4.49. The van der Waals surface area contributed by atoms with Crippen LogP contribution in [0.25, 0.3) is 0 Å². The van der Waals surface area contributed by atoms with E-state index < -0.39 is 36.3 Å². The summed E-state index contributed by atoms with van der Waals surface area (Å²) in [5.41, 5.74) is 6.59. The van der Waals surface area contributed by atoms with Crippen LogP contribution in [0.2, 0.25) is 0 Å². The van der Waals surface area contributed by atoms with E-state index in [9.17, 15) is 18.0 Å². The number of aliphatic imine (C=N–C) groups is 1. The summed E-state index contributed by atoms with van der Waals surface area (Å²) in [5.74, 6) is -1.51. The second kappa shape index (κ2) is 9.44. The largest absolute Gasteiger partial charge is 0.461 e. The average Bonchev–Trinajstić information content (AvgIpc) is 3.47. The van der Waals surface area contributed by atoms with E-state index >= 15 is 0 Å². The first-order valence-electron chi connectivity index (χ1n) is 9.09. The van der Waals surface area contributed by atoms with Crippen molar-refractivity contribution in [3.63, 3.8) is 0 Å². The number of ether oxygens (including phenoxy) is 2. The fourth-order valence-corrected chi connectivity index (χ4v) is 3.05. The summed E-state index contributed by atoms with van der Waals surface area (Å²) in [6.45, 7) is -2.92. The first-order valence-corrected chi connectivity index (χ1v) is 9.09. The van der Waals surface area contributed by atoms with Crippen LogP contribution in [0.4, 0.5) is 18.9 Å². The van der Waals surface area contributed by atoms with Gasteiger partial charge in [-0.1, -0.05) is 0 Å². The lowest BCUT2D eigenvalue weighted by Gasteiger charge is -2.11. The van der Waals surface area contributed by atoms with Gasteiger partial charge in [0.15, 0.2) is 0 Å². The number of nitriles is 1. The standard InChI is InChI=1S/C20H18F3N5O3/c1-30-9-11-4-10(7-24)8-26-17(11)18(29)27-12-2-3-15(21)13(5-12)14-6-16(14)31-20(25)28-19(22)23/h2-5,8,14,16,19H,6,9H2,1H3,(H2,25,28)(H,27,29)/t14-,16-/m1/s1. The van der Waals surface area contributed by atoms with Crippen molar-refractivity contribution in [3.8, 4) is 6.07 Å². The molecule has 2 atom stereocenters. The van der Waals surface area contributed by atoms with Crippen molar-refractivity contribution in [2.24, 2.45) is 10.7 Å². The lowest BCUT2D eigenvalue weighted by molar-refractivity contribution is 0.101. The molecule has 31 heavy (non-hydrogen) atoms. The predicted molar refractivity (Wildman–Crippen MR) is 104 cm³/mol. The summed E-state index contributed by atoms with van der Waals surface area (Å²) in [5, 5.41) is 11.6. The van der Waals surface area contributed by atoms with Gasteiger partial charge in [0.1, 0.15) is 23.7 Å². The van der Waals surface area contributed by atoms with Crippen LogP contribution >= 0.6 is 0 Å². The number of nitrogens with one attached hydrogen (secondary N) is 1. The third-order valence-corrected chi connectivity index (χ3v) is 4.49. The number of aromatic nitrogens is 1. The highest BCUT2D eigenvalue weighted by Gasteiger charge is 2.43. The van der Waals surface area contributed by atoms with E-state index in [0.717, 1.165) is 0 Å². The minimum absolute atomic E-state index is 0.0651. The number of amidine groups is 1. The Labute approximate surface area is 175 Å². The fourth-order valence-electron chi connectivity index (χ4n) is 3.05. The molecule has 0 bridgehead atoms. The first-order chi connectivity index (χ1) is 14.8. The maximum Gasteiger partial charge on any atom is 0.336 e. The minimum Gasteiger partial charge on any atom is -0.461 e. The van der Waals surface area contributed by atoms with Gasteiger partial charge in [0.05, 0.1) is 12.2 Å². The molecule has 162 valence electrons. The van der Waals surface area contributed by atoms with Gasteiger partial charge in [-0.15, -0.1) is 0 Å². The molecule has 11 heteroatoms. The van der Waals surface area contributed by atoms with Crippen molar-refractivity contribution in [1.29, 1.82) is 5.26 Å². The summed E-state index contributed by atoms with van der Waals surface area (Å²) in [4.78, 5) is 19.5. The van der Waals surface area contributed by atoms with Crippen LogP contribution in [0.1, 0.15) is 39.5 Å².